The molecule has 0 heteroatoms. The van der Waals surface area contributed by atoms with Gasteiger partial charge < -0.3 is 0 Å². The zero-order chi connectivity index (χ0) is 34.6. The molecule has 244 valence electrons. The first-order valence-corrected chi connectivity index (χ1v) is 18.5. The fourth-order valence-electron chi connectivity index (χ4n) is 9.60. The molecule has 0 amide bonds. The van der Waals surface area contributed by atoms with E-state index in [1.54, 1.807) is 0 Å². The van der Waals surface area contributed by atoms with Crippen LogP contribution in [0.4, 0.5) is 0 Å². The minimum absolute atomic E-state index is 0.0209. The molecule has 0 spiro atoms. The summed E-state index contributed by atoms with van der Waals surface area (Å²) >= 11 is 0. The van der Waals surface area contributed by atoms with Gasteiger partial charge in [0.1, 0.15) is 0 Å². The maximum absolute atomic E-state index is 2.47. The molecule has 0 saturated heterocycles. The summed E-state index contributed by atoms with van der Waals surface area (Å²) in [5.41, 5.74) is 18.9. The molecule has 0 aromatic heterocycles. The highest BCUT2D eigenvalue weighted by Gasteiger charge is 2.35. The molecule has 0 heterocycles. The molecule has 9 aromatic rings. The van der Waals surface area contributed by atoms with Gasteiger partial charge in [-0.3, -0.25) is 0 Å². The largest absolute Gasteiger partial charge is 0.0619 e. The zero-order valence-corrected chi connectivity index (χ0v) is 29.4. The highest BCUT2D eigenvalue weighted by Crippen LogP contribution is 2.51. The predicted molar refractivity (Wildman–Crippen MR) is 221 cm³/mol. The Labute approximate surface area is 304 Å². The van der Waals surface area contributed by atoms with Crippen LogP contribution in [-0.2, 0) is 11.8 Å². The molecule has 0 fully saturated rings. The molecule has 0 nitrogen and oxygen atoms in total. The lowest BCUT2D eigenvalue weighted by Gasteiger charge is -2.22. The molecule has 52 heavy (non-hydrogen) atoms. The molecule has 9 aromatic carbocycles. The van der Waals surface area contributed by atoms with Crippen LogP contribution in [0.1, 0.15) is 36.1 Å². The van der Waals surface area contributed by atoms with Crippen molar-refractivity contribution in [2.45, 2.75) is 25.7 Å². The first-order valence-electron chi connectivity index (χ1n) is 18.5. The van der Waals surface area contributed by atoms with E-state index in [2.05, 4.69) is 184 Å². The van der Waals surface area contributed by atoms with Gasteiger partial charge in [0.05, 0.1) is 0 Å². The summed E-state index contributed by atoms with van der Waals surface area (Å²) in [4.78, 5) is 0. The van der Waals surface area contributed by atoms with Crippen molar-refractivity contribution in [3.63, 3.8) is 0 Å². The summed E-state index contributed by atoms with van der Waals surface area (Å²) in [6.45, 7) is 4.74. The van der Waals surface area contributed by atoms with Gasteiger partial charge in [0.25, 0.3) is 0 Å². The van der Waals surface area contributed by atoms with Gasteiger partial charge in [0.2, 0.25) is 0 Å². The maximum Gasteiger partial charge on any atom is 0.0159 e. The van der Waals surface area contributed by atoms with E-state index in [4.69, 9.17) is 0 Å². The topological polar surface area (TPSA) is 0 Å². The van der Waals surface area contributed by atoms with Crippen LogP contribution in [0, 0.1) is 0 Å². The summed E-state index contributed by atoms with van der Waals surface area (Å²) in [5, 5.41) is 7.85. The lowest BCUT2D eigenvalue weighted by molar-refractivity contribution is 0.660. The van der Waals surface area contributed by atoms with Gasteiger partial charge >= 0.3 is 0 Å². The van der Waals surface area contributed by atoms with Crippen molar-refractivity contribution in [3.05, 3.63) is 192 Å². The molecule has 2 aliphatic rings. The Balaban J connectivity index is 0.996. The molecule has 2 aliphatic carbocycles. The minimum Gasteiger partial charge on any atom is -0.0619 e. The van der Waals surface area contributed by atoms with Crippen molar-refractivity contribution in [3.8, 4) is 55.6 Å². The monoisotopic (exact) mass is 660 g/mol. The van der Waals surface area contributed by atoms with Crippen LogP contribution in [-0.4, -0.2) is 0 Å². The van der Waals surface area contributed by atoms with Crippen molar-refractivity contribution in [2.75, 3.05) is 0 Å². The molecule has 11 rings (SSSR count). The van der Waals surface area contributed by atoms with E-state index in [-0.39, 0.29) is 5.41 Å². The zero-order valence-electron chi connectivity index (χ0n) is 29.4. The molecule has 0 atom stereocenters. The summed E-state index contributed by atoms with van der Waals surface area (Å²) in [6, 6.07) is 63.7. The van der Waals surface area contributed by atoms with Crippen molar-refractivity contribution in [1.29, 1.82) is 0 Å². The average molecular weight is 661 g/mol. The lowest BCUT2D eigenvalue weighted by Crippen LogP contribution is -2.14. The highest BCUT2D eigenvalue weighted by molar-refractivity contribution is 6.25. The molecule has 0 bridgehead atoms. The SMILES string of the molecule is CC1(C)c2ccccc2-c2ccc(-c3cccc4c3Cc3c(-c5cccc(-c6ccc7c8ccccc8c8ccccc8c7c6)c5)cccc3-4)cc21. The van der Waals surface area contributed by atoms with Gasteiger partial charge in [-0.15, -0.1) is 0 Å². The van der Waals surface area contributed by atoms with Crippen molar-refractivity contribution >= 4 is 32.3 Å². The van der Waals surface area contributed by atoms with Gasteiger partial charge in [-0.05, 0) is 135 Å². The van der Waals surface area contributed by atoms with E-state index in [0.717, 1.165) is 6.42 Å². The summed E-state index contributed by atoms with van der Waals surface area (Å²) in [6.07, 6.45) is 0.928. The third-order valence-corrected chi connectivity index (χ3v) is 12.1. The lowest BCUT2D eigenvalue weighted by atomic mass is 9.81. The van der Waals surface area contributed by atoms with E-state index in [1.807, 2.05) is 0 Å². The quantitative estimate of drug-likeness (QED) is 0.165. The molecule has 0 saturated carbocycles. The number of rotatable bonds is 3. The fraction of sp³-hybridized carbons (Fsp3) is 0.0769. The van der Waals surface area contributed by atoms with Crippen LogP contribution in [0.5, 0.6) is 0 Å². The van der Waals surface area contributed by atoms with Gasteiger partial charge in [-0.1, -0.05) is 166 Å². The molecular weight excluding hydrogens is 625 g/mol. The maximum atomic E-state index is 2.47. The Bertz CT molecular complexity index is 2920. The number of hydrogen-bond acceptors (Lipinski definition) is 0. The van der Waals surface area contributed by atoms with Gasteiger partial charge in [-0.25, -0.2) is 0 Å². The third kappa shape index (κ3) is 4.16. The Morgan fingerprint density at radius 2 is 0.769 bits per heavy atom. The summed E-state index contributed by atoms with van der Waals surface area (Å²) in [5.74, 6) is 0. The van der Waals surface area contributed by atoms with E-state index < -0.39 is 0 Å². The summed E-state index contributed by atoms with van der Waals surface area (Å²) < 4.78 is 0. The number of benzene rings is 9. The van der Waals surface area contributed by atoms with E-state index >= 15 is 0 Å². The summed E-state index contributed by atoms with van der Waals surface area (Å²) in [7, 11) is 0. The first kappa shape index (κ1) is 29.5. The van der Waals surface area contributed by atoms with Crippen LogP contribution in [0.3, 0.4) is 0 Å². The standard InChI is InChI=1S/C52H36/c1-52(2)50-23-8-7-18-45(50)46-27-25-35(30-51(46)52)37-20-11-22-43-42-21-10-19-36(48(42)31-49(37)43)34-13-9-12-32(28-34)33-24-26-44-40-16-4-3-14-38(40)39-15-5-6-17-41(39)47(44)29-33/h3-30H,31H2,1-2H3. The van der Waals surface area contributed by atoms with E-state index in [9.17, 15) is 0 Å². The Hall–Kier alpha value is -6.24. The van der Waals surface area contributed by atoms with Crippen LogP contribution in [0.25, 0.3) is 88.0 Å². The molecule has 0 aliphatic heterocycles. The highest BCUT2D eigenvalue weighted by atomic mass is 14.4. The molecular formula is C52H36. The van der Waals surface area contributed by atoms with Crippen LogP contribution in [0.15, 0.2) is 170 Å². The Kier molecular flexibility index (Phi) is 6.17. The van der Waals surface area contributed by atoms with Crippen molar-refractivity contribution < 1.29 is 0 Å². The average Bonchev–Trinajstić information content (AvgIpc) is 3.70. The fourth-order valence-corrected chi connectivity index (χ4v) is 9.60. The first-order chi connectivity index (χ1) is 25.5. The molecule has 0 radical (unpaired) electrons. The van der Waals surface area contributed by atoms with Crippen LogP contribution < -0.4 is 0 Å². The Morgan fingerprint density at radius 3 is 1.46 bits per heavy atom. The molecule has 0 N–H and O–H groups in total. The van der Waals surface area contributed by atoms with Gasteiger partial charge in [0, 0.05) is 5.41 Å². The second-order valence-corrected chi connectivity index (χ2v) is 15.2. The smallest absolute Gasteiger partial charge is 0.0159 e. The van der Waals surface area contributed by atoms with Crippen LogP contribution in [0.2, 0.25) is 0 Å². The normalized spacial score (nSPS) is 13.7. The van der Waals surface area contributed by atoms with Gasteiger partial charge in [0.15, 0.2) is 0 Å². The predicted octanol–water partition coefficient (Wildman–Crippen LogP) is 14.0. The second-order valence-electron chi connectivity index (χ2n) is 15.2. The minimum atomic E-state index is -0.0209. The van der Waals surface area contributed by atoms with E-state index in [0.29, 0.717) is 0 Å². The van der Waals surface area contributed by atoms with Crippen molar-refractivity contribution in [1.82, 2.24) is 0 Å². The van der Waals surface area contributed by atoms with Gasteiger partial charge in [-0.2, -0.15) is 0 Å². The number of fused-ring (bicyclic) bond motifs is 12. The third-order valence-electron chi connectivity index (χ3n) is 12.1. The Morgan fingerprint density at radius 1 is 0.308 bits per heavy atom. The number of hydrogen-bond donors (Lipinski definition) is 0. The van der Waals surface area contributed by atoms with E-state index in [1.165, 1.54) is 110 Å². The molecule has 0 unspecified atom stereocenters. The van der Waals surface area contributed by atoms with Crippen molar-refractivity contribution in [2.24, 2.45) is 0 Å². The van der Waals surface area contributed by atoms with Crippen LogP contribution >= 0.6 is 0 Å². The second kappa shape index (κ2) is 10.9.